The zero-order valence-corrected chi connectivity index (χ0v) is 48.1. The zero-order valence-electron chi connectivity index (χ0n) is 73.3. The largest absolute Gasteiger partial charge is 0.310 e. The number of para-hydroxylation sites is 1. The predicted molar refractivity (Wildman–Crippen MR) is 349 cm³/mol. The van der Waals surface area contributed by atoms with Crippen molar-refractivity contribution >= 4 is 132 Å². The molecular weight excluding hydrogens is 988 g/mol. The monoisotopic (exact) mass is 1080 g/mol. The zero-order chi connectivity index (χ0) is 78.3. The maximum absolute atomic E-state index is 11.4. The Morgan fingerprint density at radius 1 is 0.362 bits per heavy atom. The van der Waals surface area contributed by atoms with Gasteiger partial charge in [-0.3, -0.25) is 0 Å². The second-order valence-electron chi connectivity index (χ2n) is 26.6. The summed E-state index contributed by atoms with van der Waals surface area (Å²) >= 11 is 0.693. The maximum atomic E-state index is 11.4. The van der Waals surface area contributed by atoms with Crippen LogP contribution in [0.1, 0.15) is 167 Å². The van der Waals surface area contributed by atoms with Gasteiger partial charge in [-0.05, 0) is 162 Å². The maximum Gasteiger partial charge on any atom is 0.252 e. The Hall–Kier alpha value is -7.54. The predicted octanol–water partition coefficient (Wildman–Crippen LogP) is 19.1. The highest BCUT2D eigenvalue weighted by molar-refractivity contribution is 7.26. The molecule has 0 aliphatic carbocycles. The number of hydrogen-bond donors (Lipinski definition) is 0. The lowest BCUT2D eigenvalue weighted by Gasteiger charge is -2.47. The molecule has 0 N–H and O–H groups in total. The number of fused-ring (bicyclic) bond motifs is 15. The van der Waals surface area contributed by atoms with Crippen LogP contribution in [0.15, 0.2) is 157 Å². The summed E-state index contributed by atoms with van der Waals surface area (Å²) < 4.78 is 266. The molecule has 6 heterocycles. The molecule has 0 radical (unpaired) electrons. The third-order valence-electron chi connectivity index (χ3n) is 15.7. The van der Waals surface area contributed by atoms with Crippen LogP contribution in [0.5, 0.6) is 0 Å². The molecule has 0 saturated carbocycles. The van der Waals surface area contributed by atoms with Gasteiger partial charge in [-0.2, -0.15) is 0 Å². The van der Waals surface area contributed by atoms with Crippen molar-refractivity contribution in [3.63, 3.8) is 0 Å². The lowest BCUT2D eigenvalue weighted by atomic mass is 9.33. The van der Waals surface area contributed by atoms with E-state index in [4.69, 9.17) is 2.74 Å². The third kappa shape index (κ3) is 6.93. The molecule has 0 amide bonds. The van der Waals surface area contributed by atoms with Gasteiger partial charge in [0, 0.05) is 59.8 Å². The summed E-state index contributed by atoms with van der Waals surface area (Å²) in [5.74, 6) is 0. The highest BCUT2D eigenvalue weighted by Gasteiger charge is 2.47. The SMILES string of the molecule is [2H]c1c([2H])c2c3c(c1[2H])-n1c4c([2H])c([2H])c(C(C)(C)C)c([2H])c4c4c([2H])c(C(C)(C)C)c([2H])c(c41)N3c1c([2H])c(C(C)(C)C)c([2H])c3c1B2c1c([2H])c([2H])c(-n2c4c([2H])c([2H])c(C(C)(C)C)c([2H])c4c4c([2H])c(C(C)(C)C)c([2H])c([2H])c42)c([2H])c1N3c1c([2H])c([2H])c([2H])c2c1sc1c([2H])c([2H])c([2H])c([2H])c12. The van der Waals surface area contributed by atoms with Crippen molar-refractivity contribution in [1.82, 2.24) is 9.13 Å². The van der Waals surface area contributed by atoms with Crippen LogP contribution < -0.4 is 26.2 Å². The Kier molecular flexibility index (Phi) is 5.89. The van der Waals surface area contributed by atoms with Crippen molar-refractivity contribution in [2.24, 2.45) is 0 Å². The average molecular weight is 1090 g/mol. The van der Waals surface area contributed by atoms with Gasteiger partial charge in [0.25, 0.3) is 6.71 Å². The molecule has 3 aliphatic heterocycles. The van der Waals surface area contributed by atoms with E-state index < -0.39 is 177 Å². The van der Waals surface area contributed by atoms with E-state index >= 15 is 0 Å². The summed E-state index contributed by atoms with van der Waals surface area (Å²) in [5.41, 5.74) is -10.0. The molecule has 9 aromatic carbocycles. The molecule has 6 heteroatoms. The molecule has 3 aromatic heterocycles. The first-order valence-corrected chi connectivity index (χ1v) is 27.8. The molecule has 0 bridgehead atoms. The molecule has 3 aliphatic rings. The Morgan fingerprint density at radius 3 is 1.48 bits per heavy atom. The van der Waals surface area contributed by atoms with Crippen LogP contribution >= 0.6 is 11.3 Å². The molecule has 0 saturated heterocycles. The van der Waals surface area contributed by atoms with Gasteiger partial charge < -0.3 is 18.9 Å². The van der Waals surface area contributed by atoms with Gasteiger partial charge in [0.1, 0.15) is 0 Å². The smallest absolute Gasteiger partial charge is 0.252 e. The minimum absolute atomic E-state index is 0.00845. The second kappa shape index (κ2) is 16.1. The van der Waals surface area contributed by atoms with Gasteiger partial charge in [0.05, 0.1) is 85.2 Å². The van der Waals surface area contributed by atoms with Crippen LogP contribution in [-0.2, 0) is 27.1 Å². The summed E-state index contributed by atoms with van der Waals surface area (Å²) in [6.45, 7) is 24.3. The molecule has 0 unspecified atom stereocenters. The molecule has 0 fully saturated rings. The van der Waals surface area contributed by atoms with Crippen molar-refractivity contribution in [1.29, 1.82) is 0 Å². The minimum Gasteiger partial charge on any atom is -0.310 e. The first-order valence-electron chi connectivity index (χ1n) is 40.0. The molecule has 80 heavy (non-hydrogen) atoms. The van der Waals surface area contributed by atoms with Crippen LogP contribution in [-0.4, -0.2) is 15.8 Å². The van der Waals surface area contributed by atoms with Gasteiger partial charge >= 0.3 is 0 Å². The van der Waals surface area contributed by atoms with Gasteiger partial charge in [-0.15, -0.1) is 11.3 Å². The number of benzene rings is 9. The van der Waals surface area contributed by atoms with Crippen LogP contribution in [0, 0.1) is 0 Å². The van der Waals surface area contributed by atoms with Crippen LogP contribution in [0.25, 0.3) is 75.2 Å². The molecular formula is C74H71BN4S. The number of nitrogens with zero attached hydrogens (tertiary/aromatic N) is 4. The Balaban J connectivity index is 1.26. The number of rotatable bonds is 2. The average Bonchev–Trinajstić information content (AvgIpc) is 0.977. The Morgan fingerprint density at radius 2 is 0.863 bits per heavy atom. The summed E-state index contributed by atoms with van der Waals surface area (Å²) in [7, 11) is 0. The number of aromatic nitrogens is 2. The van der Waals surface area contributed by atoms with E-state index in [1.807, 2.05) is 0 Å². The van der Waals surface area contributed by atoms with Crippen molar-refractivity contribution in [3.8, 4) is 11.4 Å². The third-order valence-corrected chi connectivity index (χ3v) is 16.8. The van der Waals surface area contributed by atoms with Crippen LogP contribution in [0.4, 0.5) is 34.1 Å². The van der Waals surface area contributed by atoms with Crippen molar-refractivity contribution in [2.75, 3.05) is 9.80 Å². The van der Waals surface area contributed by atoms with E-state index in [1.165, 1.54) is 14.4 Å². The van der Waals surface area contributed by atoms with Crippen LogP contribution in [0.3, 0.4) is 0 Å². The van der Waals surface area contributed by atoms with Crippen molar-refractivity contribution in [3.05, 3.63) is 185 Å². The Bertz CT molecular complexity index is 6180. The fraction of sp³-hybridized carbons (Fsp3) is 0.270. The first-order chi connectivity index (χ1) is 48.8. The van der Waals surface area contributed by atoms with Gasteiger partial charge in [0.2, 0.25) is 0 Å². The first kappa shape index (κ1) is 29.3. The lowest BCUT2D eigenvalue weighted by molar-refractivity contribution is 0.590. The lowest BCUT2D eigenvalue weighted by Crippen LogP contribution is -2.62. The van der Waals surface area contributed by atoms with Crippen LogP contribution in [0.2, 0.25) is 0 Å². The topological polar surface area (TPSA) is 16.3 Å². The molecule has 12 aromatic rings. The molecule has 396 valence electrons. The van der Waals surface area contributed by atoms with E-state index in [1.54, 1.807) is 104 Å². The second-order valence-corrected chi connectivity index (χ2v) is 27.6. The summed E-state index contributed by atoms with van der Waals surface area (Å²) in [5, 5.41) is -0.840. The summed E-state index contributed by atoms with van der Waals surface area (Å²) in [6, 6.07) is -15.2. The molecule has 0 atom stereocenters. The van der Waals surface area contributed by atoms with Gasteiger partial charge in [-0.25, -0.2) is 0 Å². The number of thiophene rings is 1. The van der Waals surface area contributed by atoms with E-state index in [0.717, 1.165) is 4.57 Å². The fourth-order valence-corrected chi connectivity index (χ4v) is 12.5. The Labute approximate surface area is 512 Å². The summed E-state index contributed by atoms with van der Waals surface area (Å²) in [6.07, 6.45) is 0. The van der Waals surface area contributed by atoms with E-state index in [-0.39, 0.29) is 167 Å². The number of anilines is 6. The standard InChI is InChI=1S/C74H71BN4S/c1-70(2,3)42-26-31-56-50(34-42)51-35-43(71(4,5)6)27-32-57(51)76(56)47-29-30-54-61(41-47)77(60-24-18-21-49-48-20-16-17-25-65(48)80-69(49)60)62-38-46(74(13,14)15)39-63-66(62)75(54)55-22-19-23-59-68(55)79(63)64-40-45(73(10,11)12)37-53-52-36-44(72(7,8)9)28-33-58(52)78(59)67(53)64/h16-41H,1-15H3/i16D,17D,18D,19D,20D,21D,22D,23D,24D,25D,26D,27D,28D,29D,30D,31D,32D,33D,34D,35D,36D,37D,38D,39D,40D,41D. The molecule has 4 nitrogen and oxygen atoms in total. The van der Waals surface area contributed by atoms with Gasteiger partial charge in [0.15, 0.2) is 0 Å². The quantitative estimate of drug-likeness (QED) is 0.160. The normalized spacial score (nSPS) is 18.9. The van der Waals surface area contributed by atoms with E-state index in [2.05, 4.69) is 0 Å². The highest BCUT2D eigenvalue weighted by atomic mass is 32.1. The minimum atomic E-state index is -1.88. The number of hydrogen-bond acceptors (Lipinski definition) is 3. The fourth-order valence-electron chi connectivity index (χ4n) is 11.5. The van der Waals surface area contributed by atoms with E-state index in [9.17, 15) is 32.9 Å². The summed E-state index contributed by atoms with van der Waals surface area (Å²) in [4.78, 5) is 2.64. The van der Waals surface area contributed by atoms with Gasteiger partial charge in [-0.1, -0.05) is 170 Å². The van der Waals surface area contributed by atoms with Crippen molar-refractivity contribution < 1.29 is 35.6 Å². The van der Waals surface area contributed by atoms with Crippen molar-refractivity contribution in [2.45, 2.75) is 131 Å². The molecule has 0 spiro atoms. The highest BCUT2D eigenvalue weighted by Crippen LogP contribution is 2.55. The molecule has 15 rings (SSSR count). The van der Waals surface area contributed by atoms with E-state index in [0.29, 0.717) is 11.3 Å².